The third-order valence-electron chi connectivity index (χ3n) is 3.29. The number of pyridine rings is 1. The highest BCUT2D eigenvalue weighted by molar-refractivity contribution is 9.10. The van der Waals surface area contributed by atoms with Gasteiger partial charge in [0.05, 0.1) is 0 Å². The van der Waals surface area contributed by atoms with Gasteiger partial charge in [0.2, 0.25) is 5.91 Å². The van der Waals surface area contributed by atoms with Gasteiger partial charge in [-0.15, -0.1) is 0 Å². The van der Waals surface area contributed by atoms with Crippen molar-refractivity contribution >= 4 is 43.2 Å². The van der Waals surface area contributed by atoms with E-state index in [2.05, 4.69) is 31.5 Å². The topological polar surface area (TPSA) is 88.2 Å². The molecule has 24 heavy (non-hydrogen) atoms. The van der Waals surface area contributed by atoms with Crippen LogP contribution in [0.1, 0.15) is 12.0 Å². The molecule has 1 aromatic carbocycles. The summed E-state index contributed by atoms with van der Waals surface area (Å²) in [4.78, 5) is 16.2. The molecule has 0 aliphatic carbocycles. The van der Waals surface area contributed by atoms with Crippen LogP contribution in [-0.2, 0) is 14.6 Å². The number of carbonyl (C=O) groups excluding carboxylic acids is 1. The molecule has 8 heteroatoms. The molecule has 6 nitrogen and oxygen atoms in total. The third kappa shape index (κ3) is 5.04. The van der Waals surface area contributed by atoms with Crippen molar-refractivity contribution in [2.45, 2.75) is 18.2 Å². The standard InChI is InChI=1S/C16H18BrN3O3S/c1-11-5-6-12(17)10-13(11)20-15(21)7-9-19-16-14(24(2,22)23)4-3-8-18-16/h3-6,8,10H,7,9H2,1-2H3,(H,18,19)(H,20,21). The molecule has 0 aliphatic rings. The molecule has 0 unspecified atom stereocenters. The lowest BCUT2D eigenvalue weighted by molar-refractivity contribution is -0.115. The van der Waals surface area contributed by atoms with Crippen LogP contribution >= 0.6 is 15.9 Å². The monoisotopic (exact) mass is 411 g/mol. The van der Waals surface area contributed by atoms with Crippen LogP contribution in [0.5, 0.6) is 0 Å². The second kappa shape index (κ2) is 7.76. The number of nitrogens with one attached hydrogen (secondary N) is 2. The Balaban J connectivity index is 1.95. The number of nitrogens with zero attached hydrogens (tertiary/aromatic N) is 1. The Kier molecular flexibility index (Phi) is 5.95. The second-order valence-electron chi connectivity index (χ2n) is 5.31. The first-order valence-corrected chi connectivity index (χ1v) is 9.91. The molecule has 0 bridgehead atoms. The number of hydrogen-bond donors (Lipinski definition) is 2. The predicted octanol–water partition coefficient (Wildman–Crippen LogP) is 3.00. The molecule has 0 spiro atoms. The second-order valence-corrected chi connectivity index (χ2v) is 8.21. The van der Waals surface area contributed by atoms with Crippen molar-refractivity contribution in [2.75, 3.05) is 23.4 Å². The van der Waals surface area contributed by atoms with Crippen LogP contribution in [0.25, 0.3) is 0 Å². The normalized spacial score (nSPS) is 11.1. The summed E-state index contributed by atoms with van der Waals surface area (Å²) in [5.41, 5.74) is 1.70. The number of rotatable bonds is 6. The third-order valence-corrected chi connectivity index (χ3v) is 4.91. The zero-order chi connectivity index (χ0) is 17.7. The van der Waals surface area contributed by atoms with Crippen molar-refractivity contribution in [3.05, 3.63) is 46.6 Å². The molecule has 0 aliphatic heterocycles. The van der Waals surface area contributed by atoms with Crippen LogP contribution in [0, 0.1) is 6.92 Å². The van der Waals surface area contributed by atoms with Crippen LogP contribution in [0.3, 0.4) is 0 Å². The number of halogens is 1. The van der Waals surface area contributed by atoms with E-state index in [0.717, 1.165) is 22.0 Å². The summed E-state index contributed by atoms with van der Waals surface area (Å²) in [7, 11) is -3.37. The molecule has 0 saturated heterocycles. The lowest BCUT2D eigenvalue weighted by atomic mass is 10.2. The van der Waals surface area contributed by atoms with Crippen molar-refractivity contribution in [3.63, 3.8) is 0 Å². The highest BCUT2D eigenvalue weighted by atomic mass is 79.9. The summed E-state index contributed by atoms with van der Waals surface area (Å²) in [6.07, 6.45) is 2.81. The van der Waals surface area contributed by atoms with Gasteiger partial charge in [-0.3, -0.25) is 4.79 Å². The lowest BCUT2D eigenvalue weighted by Crippen LogP contribution is -2.18. The van der Waals surface area contributed by atoms with E-state index >= 15 is 0 Å². The molecule has 2 rings (SSSR count). The van der Waals surface area contributed by atoms with E-state index in [1.54, 1.807) is 6.07 Å². The quantitative estimate of drug-likeness (QED) is 0.762. The summed E-state index contributed by atoms with van der Waals surface area (Å²) >= 11 is 3.37. The fourth-order valence-corrected chi connectivity index (χ4v) is 3.22. The molecule has 0 saturated carbocycles. The highest BCUT2D eigenvalue weighted by Gasteiger charge is 2.14. The van der Waals surface area contributed by atoms with E-state index in [-0.39, 0.29) is 29.6 Å². The van der Waals surface area contributed by atoms with E-state index in [1.165, 1.54) is 12.3 Å². The van der Waals surface area contributed by atoms with Gasteiger partial charge in [0.1, 0.15) is 10.7 Å². The zero-order valence-corrected chi connectivity index (χ0v) is 15.7. The molecular formula is C16H18BrN3O3S. The van der Waals surface area contributed by atoms with Crippen LogP contribution in [-0.4, -0.2) is 32.1 Å². The SMILES string of the molecule is Cc1ccc(Br)cc1NC(=O)CCNc1ncccc1S(C)(=O)=O. The van der Waals surface area contributed by atoms with Gasteiger partial charge >= 0.3 is 0 Å². The Hall–Kier alpha value is -1.93. The Morgan fingerprint density at radius 3 is 2.75 bits per heavy atom. The fourth-order valence-electron chi connectivity index (χ4n) is 2.06. The van der Waals surface area contributed by atoms with Gasteiger partial charge in [-0.2, -0.15) is 0 Å². The van der Waals surface area contributed by atoms with Crippen LogP contribution in [0.15, 0.2) is 45.9 Å². The van der Waals surface area contributed by atoms with E-state index in [1.807, 2.05) is 25.1 Å². The number of amides is 1. The molecule has 2 aromatic rings. The van der Waals surface area contributed by atoms with Crippen molar-refractivity contribution in [1.29, 1.82) is 0 Å². The van der Waals surface area contributed by atoms with Gasteiger partial charge in [0.15, 0.2) is 9.84 Å². The molecular weight excluding hydrogens is 394 g/mol. The minimum atomic E-state index is -3.37. The van der Waals surface area contributed by atoms with Gasteiger partial charge in [-0.25, -0.2) is 13.4 Å². The minimum absolute atomic E-state index is 0.119. The van der Waals surface area contributed by atoms with Crippen LogP contribution < -0.4 is 10.6 Å². The van der Waals surface area contributed by atoms with Gasteiger partial charge < -0.3 is 10.6 Å². The Labute approximate surface area is 149 Å². The van der Waals surface area contributed by atoms with E-state index in [9.17, 15) is 13.2 Å². The lowest BCUT2D eigenvalue weighted by Gasteiger charge is -2.11. The highest BCUT2D eigenvalue weighted by Crippen LogP contribution is 2.21. The largest absolute Gasteiger partial charge is 0.368 e. The molecule has 0 radical (unpaired) electrons. The smallest absolute Gasteiger partial charge is 0.226 e. The summed E-state index contributed by atoms with van der Waals surface area (Å²) in [5, 5.41) is 5.74. The van der Waals surface area contributed by atoms with Crippen molar-refractivity contribution in [3.8, 4) is 0 Å². The summed E-state index contributed by atoms with van der Waals surface area (Å²) < 4.78 is 24.3. The number of hydrogen-bond acceptors (Lipinski definition) is 5. The average Bonchev–Trinajstić information content (AvgIpc) is 2.50. The van der Waals surface area contributed by atoms with E-state index < -0.39 is 9.84 Å². The summed E-state index contributed by atoms with van der Waals surface area (Å²) in [6.45, 7) is 2.19. The van der Waals surface area contributed by atoms with Crippen molar-refractivity contribution in [1.82, 2.24) is 4.98 Å². The summed E-state index contributed by atoms with van der Waals surface area (Å²) in [5.74, 6) is 0.0898. The van der Waals surface area contributed by atoms with Crippen molar-refractivity contribution in [2.24, 2.45) is 0 Å². The maximum atomic E-state index is 12.0. The molecule has 2 N–H and O–H groups in total. The Morgan fingerprint density at radius 1 is 1.29 bits per heavy atom. The minimum Gasteiger partial charge on any atom is -0.368 e. The molecule has 1 amide bonds. The maximum absolute atomic E-state index is 12.0. The van der Waals surface area contributed by atoms with Gasteiger partial charge in [0.25, 0.3) is 0 Å². The first-order chi connectivity index (χ1) is 11.3. The van der Waals surface area contributed by atoms with Gasteiger partial charge in [-0.05, 0) is 36.8 Å². The Morgan fingerprint density at radius 2 is 2.04 bits per heavy atom. The fraction of sp³-hybridized carbons (Fsp3) is 0.250. The molecule has 0 atom stereocenters. The molecule has 128 valence electrons. The zero-order valence-electron chi connectivity index (χ0n) is 13.3. The van der Waals surface area contributed by atoms with Crippen molar-refractivity contribution < 1.29 is 13.2 Å². The first-order valence-electron chi connectivity index (χ1n) is 7.22. The number of carbonyl (C=O) groups is 1. The number of benzene rings is 1. The van der Waals surface area contributed by atoms with Gasteiger partial charge in [-0.1, -0.05) is 22.0 Å². The van der Waals surface area contributed by atoms with E-state index in [0.29, 0.717) is 0 Å². The van der Waals surface area contributed by atoms with Crippen LogP contribution in [0.4, 0.5) is 11.5 Å². The number of aryl methyl sites for hydroxylation is 1. The number of sulfone groups is 1. The number of anilines is 2. The van der Waals surface area contributed by atoms with Gasteiger partial charge in [0, 0.05) is 35.6 Å². The molecule has 0 fully saturated rings. The van der Waals surface area contributed by atoms with Crippen LogP contribution in [0.2, 0.25) is 0 Å². The summed E-state index contributed by atoms with van der Waals surface area (Å²) in [6, 6.07) is 8.69. The average molecular weight is 412 g/mol. The first kappa shape index (κ1) is 18.4. The molecule has 1 heterocycles. The Bertz CT molecular complexity index is 853. The number of aromatic nitrogens is 1. The maximum Gasteiger partial charge on any atom is 0.226 e. The van der Waals surface area contributed by atoms with E-state index in [4.69, 9.17) is 0 Å². The predicted molar refractivity (Wildman–Crippen MR) is 98.0 cm³/mol. The molecule has 1 aromatic heterocycles.